The van der Waals surface area contributed by atoms with E-state index >= 15 is 0 Å². The highest BCUT2D eigenvalue weighted by atomic mass is 35.5. The van der Waals surface area contributed by atoms with E-state index in [2.05, 4.69) is 4.90 Å². The molecular weight excluding hydrogens is 326 g/mol. The van der Waals surface area contributed by atoms with Crippen LogP contribution in [0.2, 0.25) is 0 Å². The largest absolute Gasteiger partial charge is 0.445 e. The summed E-state index contributed by atoms with van der Waals surface area (Å²) in [6.07, 6.45) is 4.18. The fourth-order valence-corrected chi connectivity index (χ4v) is 3.60. The van der Waals surface area contributed by atoms with Crippen LogP contribution in [0.5, 0.6) is 0 Å². The van der Waals surface area contributed by atoms with Crippen LogP contribution in [-0.2, 0) is 11.3 Å². The van der Waals surface area contributed by atoms with E-state index in [0.29, 0.717) is 18.7 Å². The van der Waals surface area contributed by atoms with Crippen molar-refractivity contribution in [3.05, 3.63) is 35.9 Å². The number of amides is 1. The molecule has 0 radical (unpaired) electrons. The van der Waals surface area contributed by atoms with E-state index in [1.54, 1.807) is 0 Å². The number of nitrogens with zero attached hydrogens (tertiary/aromatic N) is 2. The van der Waals surface area contributed by atoms with Crippen LogP contribution >= 0.6 is 12.4 Å². The number of halogens is 1. The molecule has 2 aliphatic rings. The molecule has 6 heteroatoms. The third-order valence-corrected chi connectivity index (χ3v) is 4.93. The number of rotatable bonds is 3. The summed E-state index contributed by atoms with van der Waals surface area (Å²) < 4.78 is 5.42. The van der Waals surface area contributed by atoms with Crippen molar-refractivity contribution in [2.24, 2.45) is 5.73 Å². The Balaban J connectivity index is 0.00000208. The number of carbonyl (C=O) groups is 1. The first-order valence-corrected chi connectivity index (χ1v) is 8.67. The van der Waals surface area contributed by atoms with Crippen molar-refractivity contribution in [1.29, 1.82) is 0 Å². The van der Waals surface area contributed by atoms with Gasteiger partial charge in [0.1, 0.15) is 6.61 Å². The van der Waals surface area contributed by atoms with Gasteiger partial charge in [0.15, 0.2) is 0 Å². The Morgan fingerprint density at radius 2 is 1.83 bits per heavy atom. The Labute approximate surface area is 150 Å². The molecule has 1 aromatic carbocycles. The van der Waals surface area contributed by atoms with Crippen molar-refractivity contribution in [2.45, 2.75) is 44.4 Å². The van der Waals surface area contributed by atoms with Crippen LogP contribution in [0.3, 0.4) is 0 Å². The predicted octanol–water partition coefficient (Wildman–Crippen LogP) is 2.63. The Kier molecular flexibility index (Phi) is 7.34. The second-order valence-corrected chi connectivity index (χ2v) is 6.66. The number of benzene rings is 1. The molecule has 1 unspecified atom stereocenters. The van der Waals surface area contributed by atoms with Crippen LogP contribution in [0, 0.1) is 0 Å². The lowest BCUT2D eigenvalue weighted by atomic mass is 9.98. The number of ether oxygens (including phenoxy) is 1. The average molecular weight is 354 g/mol. The van der Waals surface area contributed by atoms with Gasteiger partial charge in [-0.1, -0.05) is 30.3 Å². The third kappa shape index (κ3) is 5.10. The first kappa shape index (κ1) is 19.0. The molecule has 0 saturated carbocycles. The van der Waals surface area contributed by atoms with Crippen LogP contribution in [0.4, 0.5) is 4.79 Å². The number of likely N-dealkylation sites (tertiary alicyclic amines) is 2. The van der Waals surface area contributed by atoms with Crippen molar-refractivity contribution in [3.8, 4) is 0 Å². The van der Waals surface area contributed by atoms with E-state index in [1.165, 1.54) is 6.42 Å². The van der Waals surface area contributed by atoms with Gasteiger partial charge in [0.25, 0.3) is 0 Å². The molecule has 2 aliphatic heterocycles. The number of piperidine rings is 2. The van der Waals surface area contributed by atoms with Gasteiger partial charge in [-0.25, -0.2) is 4.79 Å². The molecule has 0 spiro atoms. The fourth-order valence-electron chi connectivity index (χ4n) is 3.60. The lowest BCUT2D eigenvalue weighted by molar-refractivity contribution is 0.0601. The molecule has 2 N–H and O–H groups in total. The van der Waals surface area contributed by atoms with Crippen molar-refractivity contribution >= 4 is 18.5 Å². The van der Waals surface area contributed by atoms with Gasteiger partial charge >= 0.3 is 6.09 Å². The van der Waals surface area contributed by atoms with Gasteiger partial charge < -0.3 is 15.4 Å². The van der Waals surface area contributed by atoms with Crippen molar-refractivity contribution < 1.29 is 9.53 Å². The first-order valence-electron chi connectivity index (χ1n) is 8.67. The first-order chi connectivity index (χ1) is 11.2. The summed E-state index contributed by atoms with van der Waals surface area (Å²) in [5.74, 6) is 0. The average Bonchev–Trinajstić information content (AvgIpc) is 2.61. The third-order valence-electron chi connectivity index (χ3n) is 4.93. The predicted molar refractivity (Wildman–Crippen MR) is 97.3 cm³/mol. The van der Waals surface area contributed by atoms with E-state index in [-0.39, 0.29) is 18.5 Å². The van der Waals surface area contributed by atoms with Gasteiger partial charge in [-0.05, 0) is 37.8 Å². The summed E-state index contributed by atoms with van der Waals surface area (Å²) in [5, 5.41) is 0. The molecule has 0 aliphatic carbocycles. The minimum Gasteiger partial charge on any atom is -0.445 e. The topological polar surface area (TPSA) is 58.8 Å². The molecule has 2 heterocycles. The number of carbonyl (C=O) groups excluding carboxylic acids is 1. The highest BCUT2D eigenvalue weighted by Gasteiger charge is 2.29. The molecule has 0 bridgehead atoms. The SMILES string of the molecule is Cl.NC1CCCN(C2CCN(C(=O)OCc3ccccc3)CC2)C1. The maximum Gasteiger partial charge on any atom is 0.410 e. The van der Waals surface area contributed by atoms with Gasteiger partial charge in [-0.15, -0.1) is 12.4 Å². The van der Waals surface area contributed by atoms with Crippen LogP contribution in [0.1, 0.15) is 31.2 Å². The lowest BCUT2D eigenvalue weighted by Crippen LogP contribution is -2.52. The number of hydrogen-bond donors (Lipinski definition) is 1. The highest BCUT2D eigenvalue weighted by molar-refractivity contribution is 5.85. The molecule has 1 amide bonds. The Bertz CT molecular complexity index is 506. The molecule has 1 atom stereocenters. The fraction of sp³-hybridized carbons (Fsp3) is 0.611. The molecule has 5 nitrogen and oxygen atoms in total. The second-order valence-electron chi connectivity index (χ2n) is 6.66. The Morgan fingerprint density at radius 3 is 2.50 bits per heavy atom. The molecule has 1 aromatic rings. The van der Waals surface area contributed by atoms with Crippen LogP contribution in [0.15, 0.2) is 30.3 Å². The molecular formula is C18H28ClN3O2. The van der Waals surface area contributed by atoms with Crippen molar-refractivity contribution in [2.75, 3.05) is 26.2 Å². The van der Waals surface area contributed by atoms with Gasteiger partial charge in [0.2, 0.25) is 0 Å². The molecule has 24 heavy (non-hydrogen) atoms. The van der Waals surface area contributed by atoms with Gasteiger partial charge in [0, 0.05) is 31.7 Å². The number of nitrogens with two attached hydrogens (primary N) is 1. The van der Waals surface area contributed by atoms with Crippen LogP contribution in [-0.4, -0.2) is 54.2 Å². The van der Waals surface area contributed by atoms with Crippen LogP contribution in [0.25, 0.3) is 0 Å². The van der Waals surface area contributed by atoms with Crippen molar-refractivity contribution in [1.82, 2.24) is 9.80 Å². The molecule has 2 saturated heterocycles. The zero-order valence-corrected chi connectivity index (χ0v) is 14.9. The summed E-state index contributed by atoms with van der Waals surface area (Å²) in [6.45, 7) is 4.06. The van der Waals surface area contributed by atoms with Crippen LogP contribution < -0.4 is 5.73 Å². The molecule has 2 fully saturated rings. The maximum absolute atomic E-state index is 12.2. The van der Waals surface area contributed by atoms with Gasteiger partial charge in [-0.3, -0.25) is 4.90 Å². The number of hydrogen-bond acceptors (Lipinski definition) is 4. The molecule has 0 aromatic heterocycles. The quantitative estimate of drug-likeness (QED) is 0.907. The highest BCUT2D eigenvalue weighted by Crippen LogP contribution is 2.21. The van der Waals surface area contributed by atoms with E-state index in [4.69, 9.17) is 10.5 Å². The monoisotopic (exact) mass is 353 g/mol. The molecule has 134 valence electrons. The lowest BCUT2D eigenvalue weighted by Gasteiger charge is -2.41. The Morgan fingerprint density at radius 1 is 1.12 bits per heavy atom. The van der Waals surface area contributed by atoms with Crippen molar-refractivity contribution in [3.63, 3.8) is 0 Å². The van der Waals surface area contributed by atoms with E-state index < -0.39 is 0 Å². The van der Waals surface area contributed by atoms with Gasteiger partial charge in [0.05, 0.1) is 0 Å². The zero-order valence-electron chi connectivity index (χ0n) is 14.1. The summed E-state index contributed by atoms with van der Waals surface area (Å²) in [5.41, 5.74) is 7.10. The van der Waals surface area contributed by atoms with E-state index in [0.717, 1.165) is 51.0 Å². The zero-order chi connectivity index (χ0) is 16.1. The molecule has 3 rings (SSSR count). The minimum atomic E-state index is -0.192. The summed E-state index contributed by atoms with van der Waals surface area (Å²) >= 11 is 0. The minimum absolute atomic E-state index is 0. The maximum atomic E-state index is 12.2. The summed E-state index contributed by atoms with van der Waals surface area (Å²) in [7, 11) is 0. The van der Waals surface area contributed by atoms with E-state index in [9.17, 15) is 4.79 Å². The summed E-state index contributed by atoms with van der Waals surface area (Å²) in [4.78, 5) is 16.5. The van der Waals surface area contributed by atoms with E-state index in [1.807, 2.05) is 35.2 Å². The standard InChI is InChI=1S/C18H27N3O2.ClH/c19-16-7-4-10-21(13-16)17-8-11-20(12-9-17)18(22)23-14-15-5-2-1-3-6-15;/h1-3,5-6,16-17H,4,7-14,19H2;1H. The second kappa shape index (κ2) is 9.25. The smallest absolute Gasteiger partial charge is 0.410 e. The van der Waals surface area contributed by atoms with Gasteiger partial charge in [-0.2, -0.15) is 0 Å². The normalized spacial score (nSPS) is 22.7. The Hall–Kier alpha value is -1.30. The summed E-state index contributed by atoms with van der Waals surface area (Å²) in [6, 6.07) is 10.7.